The zero-order chi connectivity index (χ0) is 14.4. The van der Waals surface area contributed by atoms with Crippen molar-refractivity contribution in [2.24, 2.45) is 0 Å². The van der Waals surface area contributed by atoms with Gasteiger partial charge in [0, 0.05) is 23.6 Å². The Morgan fingerprint density at radius 1 is 1.20 bits per heavy atom. The molecule has 0 amide bonds. The van der Waals surface area contributed by atoms with Crippen LogP contribution in [0.25, 0.3) is 11.3 Å². The second-order valence-electron chi connectivity index (χ2n) is 4.67. The van der Waals surface area contributed by atoms with Crippen molar-refractivity contribution in [3.63, 3.8) is 0 Å². The molecule has 20 heavy (non-hydrogen) atoms. The van der Waals surface area contributed by atoms with E-state index in [4.69, 9.17) is 0 Å². The number of benzene rings is 1. The lowest BCUT2D eigenvalue weighted by atomic mass is 10.1. The maximum Gasteiger partial charge on any atom is 0.151 e. The second kappa shape index (κ2) is 7.36. The molecule has 2 aromatic rings. The Morgan fingerprint density at radius 3 is 2.70 bits per heavy atom. The third-order valence-electron chi connectivity index (χ3n) is 3.08. The fourth-order valence-electron chi connectivity index (χ4n) is 1.94. The summed E-state index contributed by atoms with van der Waals surface area (Å²) in [4.78, 5) is 2.12. The van der Waals surface area contributed by atoms with Crippen LogP contribution in [-0.4, -0.2) is 37.4 Å². The summed E-state index contributed by atoms with van der Waals surface area (Å²) in [5.41, 5.74) is 1.95. The van der Waals surface area contributed by atoms with Crippen molar-refractivity contribution in [1.82, 2.24) is 15.5 Å². The van der Waals surface area contributed by atoms with Crippen LogP contribution in [0.15, 0.2) is 40.9 Å². The molecule has 0 aliphatic heterocycles. The van der Waals surface area contributed by atoms with Gasteiger partial charge < -0.3 is 10.2 Å². The maximum absolute atomic E-state index is 4.31. The summed E-state index contributed by atoms with van der Waals surface area (Å²) in [5, 5.41) is 11.8. The zero-order valence-corrected chi connectivity index (χ0v) is 13.4. The molecule has 5 heteroatoms. The average Bonchev–Trinajstić information content (AvgIpc) is 2.47. The van der Waals surface area contributed by atoms with Crippen molar-refractivity contribution in [3.05, 3.63) is 40.9 Å². The molecule has 1 N–H and O–H groups in total. The topological polar surface area (TPSA) is 41.0 Å². The summed E-state index contributed by atoms with van der Waals surface area (Å²) in [7, 11) is 4.01. The summed E-state index contributed by atoms with van der Waals surface area (Å²) < 4.78 is 1.05. The smallest absolute Gasteiger partial charge is 0.151 e. The first kappa shape index (κ1) is 14.9. The van der Waals surface area contributed by atoms with Crippen LogP contribution in [0.5, 0.6) is 0 Å². The van der Waals surface area contributed by atoms with Gasteiger partial charge in [0.1, 0.15) is 0 Å². The number of hydrogen-bond acceptors (Lipinski definition) is 4. The van der Waals surface area contributed by atoms with E-state index < -0.39 is 0 Å². The highest BCUT2D eigenvalue weighted by molar-refractivity contribution is 9.10. The number of rotatable bonds is 6. The zero-order valence-electron chi connectivity index (χ0n) is 11.8. The van der Waals surface area contributed by atoms with Gasteiger partial charge >= 0.3 is 0 Å². The number of halogens is 1. The summed E-state index contributed by atoms with van der Waals surface area (Å²) in [6.07, 6.45) is 1.09. The van der Waals surface area contributed by atoms with Gasteiger partial charge in [0.05, 0.1) is 5.69 Å². The number of aromatic nitrogens is 2. The molecule has 0 saturated carbocycles. The first-order valence-electron chi connectivity index (χ1n) is 6.66. The molecule has 0 fully saturated rings. The summed E-state index contributed by atoms with van der Waals surface area (Å²) in [6, 6.07) is 12.1. The predicted molar refractivity (Wildman–Crippen MR) is 87.0 cm³/mol. The predicted octanol–water partition coefficient (Wildman–Crippen LogP) is 2.95. The Morgan fingerprint density at radius 2 is 2.05 bits per heavy atom. The van der Waals surface area contributed by atoms with Gasteiger partial charge in [-0.3, -0.25) is 0 Å². The van der Waals surface area contributed by atoms with E-state index in [2.05, 4.69) is 36.3 Å². The molecule has 0 aliphatic carbocycles. The van der Waals surface area contributed by atoms with E-state index >= 15 is 0 Å². The van der Waals surface area contributed by atoms with Crippen LogP contribution in [-0.2, 0) is 0 Å². The monoisotopic (exact) mass is 334 g/mol. The van der Waals surface area contributed by atoms with E-state index in [1.165, 1.54) is 0 Å². The van der Waals surface area contributed by atoms with E-state index in [1.807, 2.05) is 50.5 Å². The largest absolute Gasteiger partial charge is 0.358 e. The fourth-order valence-corrected chi connectivity index (χ4v) is 2.34. The molecule has 0 radical (unpaired) electrons. The quantitative estimate of drug-likeness (QED) is 0.824. The molecule has 0 bridgehead atoms. The Balaban J connectivity index is 2.06. The van der Waals surface area contributed by atoms with Crippen LogP contribution >= 0.6 is 15.9 Å². The van der Waals surface area contributed by atoms with Crippen molar-refractivity contribution in [3.8, 4) is 11.3 Å². The van der Waals surface area contributed by atoms with Gasteiger partial charge in [-0.2, -0.15) is 0 Å². The summed E-state index contributed by atoms with van der Waals surface area (Å²) in [5.74, 6) is 0.903. The minimum absolute atomic E-state index is 0.888. The van der Waals surface area contributed by atoms with Gasteiger partial charge in [-0.1, -0.05) is 28.1 Å². The van der Waals surface area contributed by atoms with Crippen LogP contribution < -0.4 is 10.2 Å². The van der Waals surface area contributed by atoms with Crippen molar-refractivity contribution in [1.29, 1.82) is 0 Å². The van der Waals surface area contributed by atoms with Crippen molar-refractivity contribution in [2.45, 2.75) is 6.42 Å². The Labute approximate surface area is 128 Å². The Bertz CT molecular complexity index is 542. The van der Waals surface area contributed by atoms with Crippen molar-refractivity contribution >= 4 is 21.7 Å². The van der Waals surface area contributed by atoms with Crippen LogP contribution in [0.2, 0.25) is 0 Å². The second-order valence-corrected chi connectivity index (χ2v) is 5.58. The molecule has 1 aromatic carbocycles. The third-order valence-corrected chi connectivity index (χ3v) is 3.58. The molecule has 0 atom stereocenters. The molecule has 0 spiro atoms. The fraction of sp³-hybridized carbons (Fsp3) is 0.333. The van der Waals surface area contributed by atoms with Crippen LogP contribution in [0.4, 0.5) is 5.82 Å². The molecule has 2 rings (SSSR count). The molecule has 4 nitrogen and oxygen atoms in total. The highest BCUT2D eigenvalue weighted by Gasteiger charge is 2.05. The Hall–Kier alpha value is -1.46. The standard InChI is InChI=1S/C15H19BrN4/c1-17-9-4-10-20(2)15-8-7-14(18-19-15)12-5-3-6-13(16)11-12/h3,5-8,11,17H,4,9-10H2,1-2H3. The average molecular weight is 335 g/mol. The van der Waals surface area contributed by atoms with Gasteiger partial charge in [0.25, 0.3) is 0 Å². The van der Waals surface area contributed by atoms with Crippen LogP contribution in [0, 0.1) is 0 Å². The van der Waals surface area contributed by atoms with Gasteiger partial charge in [-0.25, -0.2) is 0 Å². The molecule has 0 aliphatic rings. The van der Waals surface area contributed by atoms with Crippen molar-refractivity contribution in [2.75, 3.05) is 32.1 Å². The Kier molecular flexibility index (Phi) is 5.49. The number of anilines is 1. The van der Waals surface area contributed by atoms with Crippen LogP contribution in [0.1, 0.15) is 6.42 Å². The van der Waals surface area contributed by atoms with Crippen LogP contribution in [0.3, 0.4) is 0 Å². The third kappa shape index (κ3) is 4.02. The van der Waals surface area contributed by atoms with E-state index in [0.717, 1.165) is 41.1 Å². The first-order valence-corrected chi connectivity index (χ1v) is 7.45. The lowest BCUT2D eigenvalue weighted by Crippen LogP contribution is -2.23. The molecular formula is C15H19BrN4. The molecular weight excluding hydrogens is 316 g/mol. The summed E-state index contributed by atoms with van der Waals surface area (Å²) >= 11 is 3.47. The maximum atomic E-state index is 4.31. The minimum Gasteiger partial charge on any atom is -0.358 e. The number of nitrogens with one attached hydrogen (secondary N) is 1. The van der Waals surface area contributed by atoms with E-state index in [-0.39, 0.29) is 0 Å². The van der Waals surface area contributed by atoms with Gasteiger partial charge in [-0.15, -0.1) is 10.2 Å². The number of hydrogen-bond donors (Lipinski definition) is 1. The SMILES string of the molecule is CNCCCN(C)c1ccc(-c2cccc(Br)c2)nn1. The van der Waals surface area contributed by atoms with Gasteiger partial charge in [0.15, 0.2) is 5.82 Å². The lowest BCUT2D eigenvalue weighted by molar-refractivity contribution is 0.706. The van der Waals surface area contributed by atoms with E-state index in [1.54, 1.807) is 0 Å². The number of nitrogens with zero attached hydrogens (tertiary/aromatic N) is 3. The van der Waals surface area contributed by atoms with Crippen molar-refractivity contribution < 1.29 is 0 Å². The summed E-state index contributed by atoms with van der Waals surface area (Å²) in [6.45, 7) is 1.97. The van der Waals surface area contributed by atoms with Gasteiger partial charge in [0.2, 0.25) is 0 Å². The molecule has 1 aromatic heterocycles. The molecule has 0 saturated heterocycles. The highest BCUT2D eigenvalue weighted by Crippen LogP contribution is 2.21. The molecule has 0 unspecified atom stereocenters. The van der Waals surface area contributed by atoms with E-state index in [9.17, 15) is 0 Å². The first-order chi connectivity index (χ1) is 9.70. The lowest BCUT2D eigenvalue weighted by Gasteiger charge is -2.17. The molecule has 106 valence electrons. The minimum atomic E-state index is 0.888. The normalized spacial score (nSPS) is 10.6. The van der Waals surface area contributed by atoms with E-state index in [0.29, 0.717) is 0 Å². The highest BCUT2D eigenvalue weighted by atomic mass is 79.9. The molecule has 1 heterocycles. The van der Waals surface area contributed by atoms with Gasteiger partial charge in [-0.05, 0) is 44.3 Å².